The van der Waals surface area contributed by atoms with Gasteiger partial charge in [0.25, 0.3) is 5.91 Å². The molecule has 1 aromatic carbocycles. The van der Waals surface area contributed by atoms with Gasteiger partial charge in [0.15, 0.2) is 0 Å². The summed E-state index contributed by atoms with van der Waals surface area (Å²) in [7, 11) is 0. The van der Waals surface area contributed by atoms with Crippen molar-refractivity contribution in [3.05, 3.63) is 53.5 Å². The number of rotatable bonds is 6. The molecule has 0 bridgehead atoms. The fraction of sp³-hybridized carbons (Fsp3) is 0.462. The lowest BCUT2D eigenvalue weighted by molar-refractivity contribution is -0.149. The number of carbonyl (C=O) groups is 2. The van der Waals surface area contributed by atoms with Gasteiger partial charge in [-0.25, -0.2) is 4.98 Å². The van der Waals surface area contributed by atoms with Gasteiger partial charge in [0, 0.05) is 16.6 Å². The number of ether oxygens (including phenoxy) is 1. The number of fused-ring (bicyclic) bond motifs is 1. The first kappa shape index (κ1) is 26.6. The van der Waals surface area contributed by atoms with E-state index in [2.05, 4.69) is 15.4 Å². The average molecular weight is 519 g/mol. The van der Waals surface area contributed by atoms with Crippen LogP contribution in [0.1, 0.15) is 74.2 Å². The van der Waals surface area contributed by atoms with Gasteiger partial charge in [-0.1, -0.05) is 6.07 Å². The van der Waals surface area contributed by atoms with Gasteiger partial charge in [-0.15, -0.1) is 0 Å². The van der Waals surface area contributed by atoms with Crippen molar-refractivity contribution in [3.8, 4) is 0 Å². The fourth-order valence-corrected chi connectivity index (χ4v) is 4.72. The Morgan fingerprint density at radius 2 is 1.86 bits per heavy atom. The van der Waals surface area contributed by atoms with Crippen LogP contribution in [0.25, 0.3) is 10.9 Å². The van der Waals surface area contributed by atoms with E-state index >= 15 is 0 Å². The largest absolute Gasteiger partial charge is 0.466 e. The molecule has 0 atom stereocenters. The van der Waals surface area contributed by atoms with E-state index in [1.165, 1.54) is 6.07 Å². The van der Waals surface area contributed by atoms with Crippen molar-refractivity contribution < 1.29 is 32.6 Å². The van der Waals surface area contributed by atoms with Crippen molar-refractivity contribution in [2.45, 2.75) is 64.3 Å². The molecule has 1 aliphatic carbocycles. The molecule has 1 amide bonds. The number of alkyl halides is 3. The van der Waals surface area contributed by atoms with Gasteiger partial charge in [0.05, 0.1) is 35.9 Å². The third kappa shape index (κ3) is 5.76. The molecule has 0 unspecified atom stereocenters. The number of carbonyl (C=O) groups excluding carboxylic acids is 2. The maximum absolute atomic E-state index is 13.0. The predicted octanol–water partition coefficient (Wildman–Crippen LogP) is 5.22. The highest BCUT2D eigenvalue weighted by Crippen LogP contribution is 2.37. The molecule has 1 saturated carbocycles. The lowest BCUT2D eigenvalue weighted by Crippen LogP contribution is -2.26. The smallest absolute Gasteiger partial charge is 0.433 e. The summed E-state index contributed by atoms with van der Waals surface area (Å²) in [4.78, 5) is 28.3. The van der Waals surface area contributed by atoms with Crippen LogP contribution in [0.5, 0.6) is 0 Å². The third-order valence-corrected chi connectivity index (χ3v) is 6.58. The lowest BCUT2D eigenvalue weighted by atomic mass is 9.86. The number of amides is 1. The number of nitrogens with one attached hydrogen (secondary N) is 1. The molecule has 1 aliphatic rings. The Morgan fingerprint density at radius 3 is 2.49 bits per heavy atom. The third-order valence-electron chi connectivity index (χ3n) is 6.58. The number of benzene rings is 1. The van der Waals surface area contributed by atoms with Crippen LogP contribution in [0.2, 0.25) is 0 Å². The van der Waals surface area contributed by atoms with E-state index < -0.39 is 29.1 Å². The average Bonchev–Trinajstić information content (AvgIpc) is 3.25. The van der Waals surface area contributed by atoms with E-state index in [4.69, 9.17) is 4.74 Å². The van der Waals surface area contributed by atoms with Crippen LogP contribution in [0.15, 0.2) is 36.5 Å². The molecule has 0 aliphatic heterocycles. The van der Waals surface area contributed by atoms with Gasteiger partial charge in [0.1, 0.15) is 11.4 Å². The number of halogens is 3. The maximum Gasteiger partial charge on any atom is 0.433 e. The van der Waals surface area contributed by atoms with Gasteiger partial charge in [-0.2, -0.15) is 18.3 Å². The molecule has 1 fully saturated rings. The van der Waals surface area contributed by atoms with Crippen LogP contribution < -0.4 is 5.32 Å². The highest BCUT2D eigenvalue weighted by atomic mass is 19.4. The summed E-state index contributed by atoms with van der Waals surface area (Å²) in [6.45, 7) is 5.24. The van der Waals surface area contributed by atoms with Crippen molar-refractivity contribution in [2.24, 2.45) is 5.92 Å². The Kier molecular flexibility index (Phi) is 7.27. The SMILES string of the molecule is CCOC(=O)C1CCC(n2ncc3cc(NC(=O)c4cccc(C(F)(F)F)n4)c(C(C)(C)O)cc32)CC1. The molecule has 4 rings (SSSR count). The van der Waals surface area contributed by atoms with E-state index in [0.717, 1.165) is 30.5 Å². The zero-order chi connectivity index (χ0) is 27.0. The van der Waals surface area contributed by atoms with E-state index in [1.54, 1.807) is 39.1 Å². The minimum absolute atomic E-state index is 0.0487. The maximum atomic E-state index is 13.0. The first-order valence-electron chi connectivity index (χ1n) is 12.1. The number of pyridine rings is 1. The minimum Gasteiger partial charge on any atom is -0.466 e. The van der Waals surface area contributed by atoms with Crippen molar-refractivity contribution in [2.75, 3.05) is 11.9 Å². The molecule has 8 nitrogen and oxygen atoms in total. The van der Waals surface area contributed by atoms with Crippen molar-refractivity contribution in [1.29, 1.82) is 0 Å². The summed E-state index contributed by atoms with van der Waals surface area (Å²) < 4.78 is 46.1. The minimum atomic E-state index is -4.68. The van der Waals surface area contributed by atoms with Gasteiger partial charge in [-0.05, 0) is 70.7 Å². The standard InChI is InChI=1S/C26H29F3N4O4/c1-4-37-24(35)15-8-10-17(11-9-15)33-21-13-18(25(2,3)36)20(12-16(21)14-30-33)32-23(34)19-6-5-7-22(31-19)26(27,28)29/h5-7,12-15,17,36H,4,8-11H2,1-3H3,(H,32,34). The Labute approximate surface area is 211 Å². The van der Waals surface area contributed by atoms with Crippen molar-refractivity contribution in [1.82, 2.24) is 14.8 Å². The van der Waals surface area contributed by atoms with Crippen LogP contribution in [0.3, 0.4) is 0 Å². The Hall–Kier alpha value is -3.47. The number of aromatic nitrogens is 3. The van der Waals surface area contributed by atoms with Crippen molar-refractivity contribution >= 4 is 28.5 Å². The van der Waals surface area contributed by atoms with Gasteiger partial charge in [-0.3, -0.25) is 14.3 Å². The highest BCUT2D eigenvalue weighted by Gasteiger charge is 2.33. The second-order valence-electron chi connectivity index (χ2n) is 9.72. The quantitative estimate of drug-likeness (QED) is 0.433. The number of hydrogen-bond acceptors (Lipinski definition) is 6. The van der Waals surface area contributed by atoms with E-state index in [9.17, 15) is 27.9 Å². The normalized spacial score (nSPS) is 18.6. The second kappa shape index (κ2) is 10.1. The van der Waals surface area contributed by atoms with Crippen LogP contribution in [-0.2, 0) is 21.3 Å². The lowest BCUT2D eigenvalue weighted by Gasteiger charge is -2.28. The summed E-state index contributed by atoms with van der Waals surface area (Å²) in [5.41, 5.74) is -1.58. The first-order valence-corrected chi connectivity index (χ1v) is 12.1. The highest BCUT2D eigenvalue weighted by molar-refractivity contribution is 6.04. The molecule has 37 heavy (non-hydrogen) atoms. The molecule has 2 heterocycles. The van der Waals surface area contributed by atoms with Gasteiger partial charge in [0.2, 0.25) is 0 Å². The summed E-state index contributed by atoms with van der Waals surface area (Å²) >= 11 is 0. The van der Waals surface area contributed by atoms with Gasteiger partial charge < -0.3 is 15.2 Å². The molecule has 2 N–H and O–H groups in total. The second-order valence-corrected chi connectivity index (χ2v) is 9.72. The molecule has 0 radical (unpaired) electrons. The number of esters is 1. The molecule has 0 saturated heterocycles. The molecule has 198 valence electrons. The molecular formula is C26H29F3N4O4. The van der Waals surface area contributed by atoms with E-state index in [-0.39, 0.29) is 23.6 Å². The summed E-state index contributed by atoms with van der Waals surface area (Å²) in [6, 6.07) is 6.52. The summed E-state index contributed by atoms with van der Waals surface area (Å²) in [6.07, 6.45) is -0.213. The number of hydrogen-bond donors (Lipinski definition) is 2. The Morgan fingerprint density at radius 1 is 1.16 bits per heavy atom. The zero-order valence-electron chi connectivity index (χ0n) is 20.8. The molecule has 0 spiro atoms. The molecular weight excluding hydrogens is 489 g/mol. The number of aliphatic hydroxyl groups is 1. The summed E-state index contributed by atoms with van der Waals surface area (Å²) in [5, 5.41) is 18.7. The van der Waals surface area contributed by atoms with Crippen molar-refractivity contribution in [3.63, 3.8) is 0 Å². The van der Waals surface area contributed by atoms with Crippen LogP contribution in [0.4, 0.5) is 18.9 Å². The molecule has 11 heteroatoms. The van der Waals surface area contributed by atoms with E-state index in [1.807, 2.05) is 4.68 Å². The molecule has 2 aromatic heterocycles. The zero-order valence-corrected chi connectivity index (χ0v) is 20.8. The number of nitrogens with zero attached hydrogens (tertiary/aromatic N) is 3. The molecule has 3 aromatic rings. The van der Waals surface area contributed by atoms with Crippen LogP contribution >= 0.6 is 0 Å². The monoisotopic (exact) mass is 518 g/mol. The van der Waals surface area contributed by atoms with Crippen LogP contribution in [0, 0.1) is 5.92 Å². The van der Waals surface area contributed by atoms with Crippen LogP contribution in [-0.4, -0.2) is 38.4 Å². The summed E-state index contributed by atoms with van der Waals surface area (Å²) in [5.74, 6) is -1.14. The Balaban J connectivity index is 1.62. The van der Waals surface area contributed by atoms with Gasteiger partial charge >= 0.3 is 12.1 Å². The fourth-order valence-electron chi connectivity index (χ4n) is 4.72. The number of anilines is 1. The Bertz CT molecular complexity index is 1310. The topological polar surface area (TPSA) is 106 Å². The van der Waals surface area contributed by atoms with E-state index in [0.29, 0.717) is 30.4 Å². The predicted molar refractivity (Wildman–Crippen MR) is 130 cm³/mol. The first-order chi connectivity index (χ1) is 17.4.